The van der Waals surface area contributed by atoms with Crippen LogP contribution < -0.4 is 0 Å². The lowest BCUT2D eigenvalue weighted by Crippen LogP contribution is -2.25. The van der Waals surface area contributed by atoms with E-state index in [1.165, 1.54) is 103 Å². The van der Waals surface area contributed by atoms with Crippen molar-refractivity contribution >= 4 is 0 Å². The first-order valence-electron chi connectivity index (χ1n) is 24.9. The minimum atomic E-state index is -0.216. The summed E-state index contributed by atoms with van der Waals surface area (Å²) in [7, 11) is 0. The predicted molar refractivity (Wildman–Crippen MR) is 242 cm³/mol. The van der Waals surface area contributed by atoms with E-state index in [1.807, 2.05) is 0 Å². The lowest BCUT2D eigenvalue weighted by atomic mass is 10.1. The molecule has 0 amide bonds. The number of hydrogen-bond acceptors (Lipinski definition) is 7. The molecule has 0 aromatic heterocycles. The Bertz CT molecular complexity index is 818. The molecule has 0 rings (SSSR count). The summed E-state index contributed by atoms with van der Waals surface area (Å²) in [4.78, 5) is 0. The molecule has 0 saturated carbocycles. The first kappa shape index (κ1) is 55.6. The summed E-state index contributed by atoms with van der Waals surface area (Å²) >= 11 is 0. The van der Waals surface area contributed by atoms with Crippen LogP contribution in [0, 0.1) is 0 Å². The van der Waals surface area contributed by atoms with Crippen molar-refractivity contribution in [1.29, 1.82) is 0 Å². The summed E-state index contributed by atoms with van der Waals surface area (Å²) in [6.07, 6.45) is 33.4. The second-order valence-corrected chi connectivity index (χ2v) is 16.2. The van der Waals surface area contributed by atoms with Gasteiger partial charge in [0.05, 0.1) is 26.4 Å². The molecule has 0 N–H and O–H groups in total. The molecule has 7 heteroatoms. The molecule has 0 spiro atoms. The standard InChI is InChI=1S/C50H98O7/c1-9-17-23-27-31-39-52-45(35-15-7)49(54-41-33-29-25-19-11-3)47(37-21-13-5)56-43-51-44-57-48(38-22-14-6)50(55-42-34-30-26-20-12-4)46(36-16-8)53-40-32-28-24-18-10-2/h47-48H,9-44H2,1-8H3. The Morgan fingerprint density at radius 2 is 0.614 bits per heavy atom. The Labute approximate surface area is 355 Å². The highest BCUT2D eigenvalue weighted by Gasteiger charge is 2.25. The molecular weight excluding hydrogens is 713 g/mol. The topological polar surface area (TPSA) is 64.6 Å². The monoisotopic (exact) mass is 811 g/mol. The van der Waals surface area contributed by atoms with Gasteiger partial charge in [0, 0.05) is 12.8 Å². The Hall–Kier alpha value is -1.44. The molecule has 2 unspecified atom stereocenters. The quantitative estimate of drug-likeness (QED) is 0.0345. The first-order chi connectivity index (χ1) is 28.1. The molecule has 0 aliphatic rings. The van der Waals surface area contributed by atoms with Gasteiger partial charge in [-0.15, -0.1) is 0 Å². The highest BCUT2D eigenvalue weighted by molar-refractivity contribution is 5.09. The van der Waals surface area contributed by atoms with E-state index in [0.29, 0.717) is 13.2 Å². The maximum absolute atomic E-state index is 6.65. The van der Waals surface area contributed by atoms with Crippen molar-refractivity contribution in [3.63, 3.8) is 0 Å². The van der Waals surface area contributed by atoms with E-state index in [-0.39, 0.29) is 25.8 Å². The van der Waals surface area contributed by atoms with E-state index in [0.717, 1.165) is 126 Å². The fourth-order valence-electron chi connectivity index (χ4n) is 6.92. The molecule has 0 saturated heterocycles. The lowest BCUT2D eigenvalue weighted by molar-refractivity contribution is -0.167. The molecule has 0 aliphatic carbocycles. The van der Waals surface area contributed by atoms with Crippen LogP contribution in [0.15, 0.2) is 23.0 Å². The number of rotatable bonds is 46. The van der Waals surface area contributed by atoms with Crippen LogP contribution in [-0.2, 0) is 33.2 Å². The highest BCUT2D eigenvalue weighted by atomic mass is 16.7. The zero-order valence-corrected chi connectivity index (χ0v) is 39.5. The Morgan fingerprint density at radius 1 is 0.316 bits per heavy atom. The number of allylic oxidation sites excluding steroid dienone is 2. The van der Waals surface area contributed by atoms with Crippen molar-refractivity contribution in [2.45, 2.75) is 260 Å². The largest absolute Gasteiger partial charge is 0.494 e. The van der Waals surface area contributed by atoms with Crippen LogP contribution in [-0.4, -0.2) is 52.2 Å². The molecule has 0 aromatic rings. The van der Waals surface area contributed by atoms with Gasteiger partial charge < -0.3 is 33.2 Å². The van der Waals surface area contributed by atoms with Gasteiger partial charge in [0.15, 0.2) is 25.1 Å². The second-order valence-electron chi connectivity index (χ2n) is 16.2. The van der Waals surface area contributed by atoms with E-state index < -0.39 is 0 Å². The summed E-state index contributed by atoms with van der Waals surface area (Å²) in [5, 5.41) is 0. The second kappa shape index (κ2) is 44.1. The third-order valence-electron chi connectivity index (χ3n) is 10.5. The smallest absolute Gasteiger partial charge is 0.162 e. The van der Waals surface area contributed by atoms with Gasteiger partial charge in [0.1, 0.15) is 23.7 Å². The van der Waals surface area contributed by atoms with E-state index in [1.54, 1.807) is 0 Å². The van der Waals surface area contributed by atoms with Crippen LogP contribution in [0.1, 0.15) is 248 Å². The number of unbranched alkanes of at least 4 members (excludes halogenated alkanes) is 18. The molecule has 0 aromatic carbocycles. The van der Waals surface area contributed by atoms with Gasteiger partial charge in [-0.2, -0.15) is 0 Å². The Morgan fingerprint density at radius 3 is 0.912 bits per heavy atom. The van der Waals surface area contributed by atoms with Crippen LogP contribution in [0.5, 0.6) is 0 Å². The molecule has 0 heterocycles. The van der Waals surface area contributed by atoms with Gasteiger partial charge in [-0.05, 0) is 51.4 Å². The van der Waals surface area contributed by atoms with Crippen LogP contribution in [0.3, 0.4) is 0 Å². The summed E-state index contributed by atoms with van der Waals surface area (Å²) < 4.78 is 45.7. The van der Waals surface area contributed by atoms with Crippen LogP contribution >= 0.6 is 0 Å². The van der Waals surface area contributed by atoms with Gasteiger partial charge in [0.25, 0.3) is 0 Å². The SMILES string of the molecule is CCCCCCCOC(CCC)=C(OCCCCCCC)C(CCCC)OCOCOC(CCCC)C(OCCCCCCC)=C(CCC)OCCCCCCC. The zero-order chi connectivity index (χ0) is 41.9. The van der Waals surface area contributed by atoms with Crippen molar-refractivity contribution in [1.82, 2.24) is 0 Å². The Balaban J connectivity index is 6.02. The van der Waals surface area contributed by atoms with Gasteiger partial charge in [0.2, 0.25) is 0 Å². The van der Waals surface area contributed by atoms with Gasteiger partial charge >= 0.3 is 0 Å². The maximum atomic E-state index is 6.65. The summed E-state index contributed by atoms with van der Waals surface area (Å²) in [6, 6.07) is 0. The zero-order valence-electron chi connectivity index (χ0n) is 39.5. The van der Waals surface area contributed by atoms with E-state index in [4.69, 9.17) is 33.2 Å². The molecule has 57 heavy (non-hydrogen) atoms. The molecular formula is C50H98O7. The van der Waals surface area contributed by atoms with Crippen LogP contribution in [0.25, 0.3) is 0 Å². The molecule has 2 atom stereocenters. The van der Waals surface area contributed by atoms with E-state index in [2.05, 4.69) is 55.4 Å². The minimum absolute atomic E-state index is 0.127. The van der Waals surface area contributed by atoms with Crippen molar-refractivity contribution in [3.05, 3.63) is 23.0 Å². The number of ether oxygens (including phenoxy) is 7. The molecule has 0 aliphatic heterocycles. The normalized spacial score (nSPS) is 13.6. The fraction of sp³-hybridized carbons (Fsp3) is 0.920. The van der Waals surface area contributed by atoms with E-state index in [9.17, 15) is 0 Å². The predicted octanol–water partition coefficient (Wildman–Crippen LogP) is 16.0. The van der Waals surface area contributed by atoms with Crippen molar-refractivity contribution in [2.75, 3.05) is 40.0 Å². The Kier molecular flexibility index (Phi) is 43.0. The van der Waals surface area contributed by atoms with Gasteiger partial charge in [-0.1, -0.05) is 184 Å². The average molecular weight is 811 g/mol. The molecule has 340 valence electrons. The van der Waals surface area contributed by atoms with Crippen LogP contribution in [0.2, 0.25) is 0 Å². The summed E-state index contributed by atoms with van der Waals surface area (Å²) in [5.74, 6) is 3.70. The first-order valence-corrected chi connectivity index (χ1v) is 24.9. The maximum Gasteiger partial charge on any atom is 0.162 e. The summed E-state index contributed by atoms with van der Waals surface area (Å²) in [6.45, 7) is 21.0. The minimum Gasteiger partial charge on any atom is -0.494 e. The average Bonchev–Trinajstić information content (AvgIpc) is 3.22. The summed E-state index contributed by atoms with van der Waals surface area (Å²) in [5.41, 5.74) is 0. The lowest BCUT2D eigenvalue weighted by Gasteiger charge is -2.26. The fourth-order valence-corrected chi connectivity index (χ4v) is 6.92. The van der Waals surface area contributed by atoms with Crippen molar-refractivity contribution in [3.8, 4) is 0 Å². The molecule has 7 nitrogen and oxygen atoms in total. The van der Waals surface area contributed by atoms with Crippen molar-refractivity contribution in [2.24, 2.45) is 0 Å². The molecule has 0 radical (unpaired) electrons. The van der Waals surface area contributed by atoms with E-state index >= 15 is 0 Å². The molecule has 0 bridgehead atoms. The number of hydrogen-bond donors (Lipinski definition) is 0. The highest BCUT2D eigenvalue weighted by Crippen LogP contribution is 2.27. The van der Waals surface area contributed by atoms with Gasteiger partial charge in [-0.3, -0.25) is 0 Å². The van der Waals surface area contributed by atoms with Gasteiger partial charge in [-0.25, -0.2) is 0 Å². The molecule has 0 fully saturated rings. The van der Waals surface area contributed by atoms with Crippen LogP contribution in [0.4, 0.5) is 0 Å². The third-order valence-corrected chi connectivity index (χ3v) is 10.5. The third kappa shape index (κ3) is 32.1. The van der Waals surface area contributed by atoms with Crippen molar-refractivity contribution < 1.29 is 33.2 Å².